The maximum absolute atomic E-state index is 11.1. The van der Waals surface area contributed by atoms with Gasteiger partial charge in [-0.2, -0.15) is 0 Å². The first-order chi connectivity index (χ1) is 6.48. The molecule has 0 aromatic rings. The summed E-state index contributed by atoms with van der Waals surface area (Å²) in [5, 5.41) is 0. The molecule has 2 N–H and O–H groups in total. The second-order valence-corrected chi connectivity index (χ2v) is 5.38. The van der Waals surface area contributed by atoms with Gasteiger partial charge in [-0.1, -0.05) is 6.92 Å². The van der Waals surface area contributed by atoms with Crippen molar-refractivity contribution in [2.45, 2.75) is 19.8 Å². The van der Waals surface area contributed by atoms with Gasteiger partial charge in [0.25, 0.3) is 0 Å². The number of rotatable bonds is 8. The van der Waals surface area contributed by atoms with Gasteiger partial charge in [-0.25, -0.2) is 17.9 Å². The summed E-state index contributed by atoms with van der Waals surface area (Å²) in [5.74, 6) is 0.105. The summed E-state index contributed by atoms with van der Waals surface area (Å²) >= 11 is -2.27. The van der Waals surface area contributed by atoms with E-state index in [4.69, 9.17) is 0 Å². The number of nitrogens with one attached hydrogen (secondary N) is 2. The SMILES string of the molecule is CCCS(=O)(=O)NCCCNS(=O)[O-]. The fraction of sp³-hybridized carbons (Fsp3) is 1.00. The van der Waals surface area contributed by atoms with Crippen molar-refractivity contribution in [3.63, 3.8) is 0 Å². The van der Waals surface area contributed by atoms with Crippen LogP contribution in [-0.2, 0) is 21.3 Å². The van der Waals surface area contributed by atoms with Crippen molar-refractivity contribution < 1.29 is 17.2 Å². The minimum absolute atomic E-state index is 0.105. The number of sulfonamides is 1. The van der Waals surface area contributed by atoms with Crippen molar-refractivity contribution in [2.24, 2.45) is 0 Å². The van der Waals surface area contributed by atoms with Crippen LogP contribution in [-0.4, -0.2) is 36.0 Å². The third kappa shape index (κ3) is 8.57. The number of hydrogen-bond acceptors (Lipinski definition) is 4. The molecule has 1 atom stereocenters. The molecule has 0 bridgehead atoms. The van der Waals surface area contributed by atoms with Crippen LogP contribution in [0, 0.1) is 0 Å². The molecule has 0 aromatic carbocycles. The molecular weight excluding hydrogens is 228 g/mol. The summed E-state index contributed by atoms with van der Waals surface area (Å²) in [6, 6.07) is 0. The van der Waals surface area contributed by atoms with Gasteiger partial charge in [0.2, 0.25) is 10.0 Å². The second-order valence-electron chi connectivity index (χ2n) is 2.70. The van der Waals surface area contributed by atoms with Crippen LogP contribution in [0.2, 0.25) is 0 Å². The van der Waals surface area contributed by atoms with Crippen molar-refractivity contribution in [2.75, 3.05) is 18.8 Å². The van der Waals surface area contributed by atoms with E-state index in [1.54, 1.807) is 6.92 Å². The fourth-order valence-electron chi connectivity index (χ4n) is 0.812. The lowest BCUT2D eigenvalue weighted by molar-refractivity contribution is 0.521. The highest BCUT2D eigenvalue weighted by Gasteiger charge is 2.06. The molecule has 0 fully saturated rings. The molecule has 0 rings (SSSR count). The zero-order valence-corrected chi connectivity index (χ0v) is 9.62. The maximum atomic E-state index is 11.1. The van der Waals surface area contributed by atoms with Gasteiger partial charge in [0, 0.05) is 24.4 Å². The van der Waals surface area contributed by atoms with E-state index in [0.29, 0.717) is 12.8 Å². The first kappa shape index (κ1) is 14.0. The Hall–Kier alpha value is -0.0200. The van der Waals surface area contributed by atoms with Crippen LogP contribution in [0.15, 0.2) is 0 Å². The van der Waals surface area contributed by atoms with E-state index < -0.39 is 21.3 Å². The quantitative estimate of drug-likeness (QED) is 0.426. The van der Waals surface area contributed by atoms with Gasteiger partial charge in [-0.15, -0.1) is 0 Å². The van der Waals surface area contributed by atoms with E-state index in [1.807, 2.05) is 0 Å². The molecule has 0 aliphatic rings. The lowest BCUT2D eigenvalue weighted by Crippen LogP contribution is -2.29. The van der Waals surface area contributed by atoms with Crippen LogP contribution in [0.5, 0.6) is 0 Å². The summed E-state index contributed by atoms with van der Waals surface area (Å²) in [6.45, 7) is 2.28. The van der Waals surface area contributed by atoms with Crippen LogP contribution >= 0.6 is 0 Å². The summed E-state index contributed by atoms with van der Waals surface area (Å²) in [4.78, 5) is 0. The van der Waals surface area contributed by atoms with Crippen molar-refractivity contribution in [1.82, 2.24) is 9.44 Å². The van der Waals surface area contributed by atoms with Crippen LogP contribution < -0.4 is 9.44 Å². The van der Waals surface area contributed by atoms with Gasteiger partial charge < -0.3 is 4.55 Å². The average molecular weight is 243 g/mol. The van der Waals surface area contributed by atoms with Gasteiger partial charge in [0.1, 0.15) is 0 Å². The summed E-state index contributed by atoms with van der Waals surface area (Å²) < 4.78 is 46.7. The fourth-order valence-corrected chi connectivity index (χ4v) is 2.26. The Balaban J connectivity index is 3.49. The van der Waals surface area contributed by atoms with Gasteiger partial charge in [-0.3, -0.25) is 4.21 Å². The van der Waals surface area contributed by atoms with E-state index in [2.05, 4.69) is 9.44 Å². The molecule has 86 valence electrons. The normalized spacial score (nSPS) is 14.1. The Kier molecular flexibility index (Phi) is 7.28. The molecule has 8 heteroatoms. The topological polar surface area (TPSA) is 98.3 Å². The molecule has 0 spiro atoms. The van der Waals surface area contributed by atoms with Crippen LogP contribution in [0.25, 0.3) is 0 Å². The van der Waals surface area contributed by atoms with Gasteiger partial charge >= 0.3 is 0 Å². The molecule has 0 heterocycles. The van der Waals surface area contributed by atoms with E-state index in [1.165, 1.54) is 0 Å². The molecule has 0 aromatic heterocycles. The van der Waals surface area contributed by atoms with Crippen LogP contribution in [0.3, 0.4) is 0 Å². The van der Waals surface area contributed by atoms with Gasteiger partial charge in [-0.05, 0) is 12.8 Å². The van der Waals surface area contributed by atoms with E-state index in [-0.39, 0.29) is 18.8 Å². The zero-order chi connectivity index (χ0) is 11.0. The summed E-state index contributed by atoms with van der Waals surface area (Å²) in [6.07, 6.45) is 1.01. The standard InChI is InChI=1S/C6H16N2O4S2/c1-2-6-14(11,12)8-5-3-4-7-13(9)10/h7-8H,2-6H2,1H3,(H,9,10)/p-1. The Morgan fingerprint density at radius 2 is 2.00 bits per heavy atom. The highest BCUT2D eigenvalue weighted by Crippen LogP contribution is 1.88. The molecule has 0 aliphatic carbocycles. The monoisotopic (exact) mass is 243 g/mol. The largest absolute Gasteiger partial charge is 0.760 e. The second kappa shape index (κ2) is 7.30. The molecule has 1 unspecified atom stereocenters. The maximum Gasteiger partial charge on any atom is 0.211 e. The Morgan fingerprint density at radius 1 is 1.36 bits per heavy atom. The smallest absolute Gasteiger partial charge is 0.211 e. The van der Waals surface area contributed by atoms with Crippen LogP contribution in [0.4, 0.5) is 0 Å². The third-order valence-corrected chi connectivity index (χ3v) is 3.40. The summed E-state index contributed by atoms with van der Waals surface area (Å²) in [5.41, 5.74) is 0. The molecule has 14 heavy (non-hydrogen) atoms. The number of hydrogen-bond donors (Lipinski definition) is 2. The molecule has 0 saturated carbocycles. The Bertz CT molecular complexity index is 265. The first-order valence-electron chi connectivity index (χ1n) is 4.28. The minimum atomic E-state index is -3.16. The lowest BCUT2D eigenvalue weighted by Gasteiger charge is -2.07. The molecule has 6 nitrogen and oxygen atoms in total. The minimum Gasteiger partial charge on any atom is -0.760 e. The van der Waals surface area contributed by atoms with Crippen molar-refractivity contribution >= 4 is 21.3 Å². The predicted octanol–water partition coefficient (Wildman–Crippen LogP) is -0.910. The van der Waals surface area contributed by atoms with E-state index >= 15 is 0 Å². The highest BCUT2D eigenvalue weighted by atomic mass is 32.2. The lowest BCUT2D eigenvalue weighted by atomic mass is 10.4. The van der Waals surface area contributed by atoms with E-state index in [9.17, 15) is 17.2 Å². The molecule has 0 amide bonds. The third-order valence-electron chi connectivity index (χ3n) is 1.37. The zero-order valence-electron chi connectivity index (χ0n) is 7.99. The predicted molar refractivity (Wildman–Crippen MR) is 53.6 cm³/mol. The van der Waals surface area contributed by atoms with Crippen molar-refractivity contribution in [3.05, 3.63) is 0 Å². The Labute approximate surface area is 86.9 Å². The molecule has 0 radical (unpaired) electrons. The van der Waals surface area contributed by atoms with E-state index in [0.717, 1.165) is 0 Å². The van der Waals surface area contributed by atoms with Gasteiger partial charge in [0.15, 0.2) is 0 Å². The van der Waals surface area contributed by atoms with Crippen LogP contribution in [0.1, 0.15) is 19.8 Å². The van der Waals surface area contributed by atoms with Crippen molar-refractivity contribution in [1.29, 1.82) is 0 Å². The highest BCUT2D eigenvalue weighted by molar-refractivity contribution is 7.89. The van der Waals surface area contributed by atoms with Gasteiger partial charge in [0.05, 0.1) is 5.75 Å². The molecule has 0 saturated heterocycles. The first-order valence-corrected chi connectivity index (χ1v) is 7.00. The average Bonchev–Trinajstić information content (AvgIpc) is 2.02. The molecule has 0 aliphatic heterocycles. The summed E-state index contributed by atoms with van der Waals surface area (Å²) in [7, 11) is -3.16. The Morgan fingerprint density at radius 3 is 2.50 bits per heavy atom. The van der Waals surface area contributed by atoms with Crippen molar-refractivity contribution in [3.8, 4) is 0 Å². The molecular formula is C6H15N2O4S2-.